The van der Waals surface area contributed by atoms with Gasteiger partial charge in [-0.1, -0.05) is 30.8 Å². The van der Waals surface area contributed by atoms with Crippen LogP contribution in [0, 0.1) is 0 Å². The Balaban J connectivity index is 0. The summed E-state index contributed by atoms with van der Waals surface area (Å²) < 4.78 is 26.0. The minimum Gasteiger partial charge on any atom is -0.497 e. The van der Waals surface area contributed by atoms with Gasteiger partial charge in [-0.05, 0) is 18.6 Å². The van der Waals surface area contributed by atoms with E-state index in [0.717, 1.165) is 12.0 Å². The molecule has 0 aliphatic rings. The lowest BCUT2D eigenvalue weighted by Gasteiger charge is -1.98. The summed E-state index contributed by atoms with van der Waals surface area (Å²) in [6.45, 7) is 0.357. The summed E-state index contributed by atoms with van der Waals surface area (Å²) >= 11 is 6.55. The lowest BCUT2D eigenvalue weighted by atomic mass is 10.3. The van der Waals surface area contributed by atoms with E-state index in [9.17, 15) is 13.2 Å². The predicted octanol–water partition coefficient (Wildman–Crippen LogP) is 1.86. The normalized spacial score (nSPS) is 9.27. The van der Waals surface area contributed by atoms with Crippen molar-refractivity contribution >= 4 is 46.0 Å². The fourth-order valence-corrected chi connectivity index (χ4v) is 1.87. The number of thiol groups is 2. The summed E-state index contributed by atoms with van der Waals surface area (Å²) in [5, 5.41) is 1.95. The Bertz CT molecular complexity index is 506. The van der Waals surface area contributed by atoms with Crippen molar-refractivity contribution in [2.75, 3.05) is 25.7 Å². The van der Waals surface area contributed by atoms with E-state index in [-0.39, 0.29) is 5.75 Å². The van der Waals surface area contributed by atoms with Crippen molar-refractivity contribution in [3.63, 3.8) is 0 Å². The fourth-order valence-electron chi connectivity index (χ4n) is 1.09. The van der Waals surface area contributed by atoms with Crippen LogP contribution in [0.4, 0.5) is 4.79 Å². The van der Waals surface area contributed by atoms with E-state index < -0.39 is 15.1 Å². The molecule has 126 valence electrons. The molecule has 0 saturated carbocycles. The molecule has 0 fully saturated rings. The Labute approximate surface area is 142 Å². The van der Waals surface area contributed by atoms with Gasteiger partial charge < -0.3 is 10.1 Å². The molecular weight excluding hydrogens is 346 g/mol. The number of sulfone groups is 1. The van der Waals surface area contributed by atoms with Crippen molar-refractivity contribution in [3.05, 3.63) is 30.3 Å². The topological polar surface area (TPSA) is 89.5 Å². The Hall–Kier alpha value is -1.19. The molecule has 9 heteroatoms. The number of benzene rings is 1. The van der Waals surface area contributed by atoms with Crippen molar-refractivity contribution in [1.29, 1.82) is 0 Å². The second-order valence-corrected chi connectivity index (χ2v) is 6.71. The highest BCUT2D eigenvalue weighted by Crippen LogP contribution is 2.05. The van der Waals surface area contributed by atoms with Crippen LogP contribution in [0.3, 0.4) is 0 Å². The van der Waals surface area contributed by atoms with Gasteiger partial charge in [0, 0.05) is 12.8 Å². The van der Waals surface area contributed by atoms with E-state index in [0.29, 0.717) is 18.6 Å². The SMILES string of the molecule is COc1ccccc1.CS(=O)(=O)CCCNC(=O)S.O=CS. The molecule has 0 unspecified atom stereocenters. The van der Waals surface area contributed by atoms with E-state index in [1.807, 2.05) is 30.3 Å². The molecule has 1 rings (SSSR count). The highest BCUT2D eigenvalue weighted by molar-refractivity contribution is 7.96. The first-order valence-corrected chi connectivity index (χ1v) is 9.10. The first-order valence-electron chi connectivity index (χ1n) is 6.08. The van der Waals surface area contributed by atoms with Crippen LogP contribution in [0.2, 0.25) is 0 Å². The van der Waals surface area contributed by atoms with Crippen molar-refractivity contribution in [2.24, 2.45) is 0 Å². The van der Waals surface area contributed by atoms with Crippen LogP contribution < -0.4 is 10.1 Å². The van der Waals surface area contributed by atoms with Crippen LogP contribution in [-0.2, 0) is 14.6 Å². The average Bonchev–Trinajstić information content (AvgIpc) is 2.45. The summed E-state index contributed by atoms with van der Waals surface area (Å²) in [5.41, 5.74) is 0.444. The molecule has 1 N–H and O–H groups in total. The third-order valence-electron chi connectivity index (χ3n) is 1.95. The quantitative estimate of drug-likeness (QED) is 0.420. The van der Waals surface area contributed by atoms with Crippen LogP contribution >= 0.6 is 25.3 Å². The number of para-hydroxylation sites is 1. The molecule has 0 aromatic heterocycles. The molecule has 0 aliphatic heterocycles. The molecule has 1 amide bonds. The van der Waals surface area contributed by atoms with E-state index >= 15 is 0 Å². The zero-order valence-electron chi connectivity index (χ0n) is 12.4. The predicted molar refractivity (Wildman–Crippen MR) is 95.4 cm³/mol. The molecule has 0 radical (unpaired) electrons. The first-order chi connectivity index (χ1) is 10.3. The Morgan fingerprint density at radius 1 is 1.32 bits per heavy atom. The largest absolute Gasteiger partial charge is 0.497 e. The Kier molecular flexibility index (Phi) is 15.5. The molecule has 0 spiro atoms. The highest BCUT2D eigenvalue weighted by Gasteiger charge is 2.00. The van der Waals surface area contributed by atoms with E-state index in [1.165, 1.54) is 0 Å². The molecule has 22 heavy (non-hydrogen) atoms. The molecule has 0 bridgehead atoms. The maximum atomic E-state index is 10.5. The number of hydrogen-bond acceptors (Lipinski definition) is 5. The maximum Gasteiger partial charge on any atom is 0.275 e. The van der Waals surface area contributed by atoms with Crippen LogP contribution in [0.1, 0.15) is 6.42 Å². The van der Waals surface area contributed by atoms with Crippen LogP contribution in [0.15, 0.2) is 30.3 Å². The van der Waals surface area contributed by atoms with Gasteiger partial charge in [0.25, 0.3) is 5.24 Å². The lowest BCUT2D eigenvalue weighted by Crippen LogP contribution is -2.20. The second kappa shape index (κ2) is 14.7. The third-order valence-corrected chi connectivity index (χ3v) is 3.14. The average molecular weight is 368 g/mol. The van der Waals surface area contributed by atoms with Crippen LogP contribution in [0.25, 0.3) is 0 Å². The van der Waals surface area contributed by atoms with Crippen LogP contribution in [-0.4, -0.2) is 44.9 Å². The zero-order valence-corrected chi connectivity index (χ0v) is 15.0. The molecule has 6 nitrogen and oxygen atoms in total. The summed E-state index contributed by atoms with van der Waals surface area (Å²) in [6.07, 6.45) is 1.60. The van der Waals surface area contributed by atoms with Gasteiger partial charge in [0.15, 0.2) is 5.62 Å². The van der Waals surface area contributed by atoms with Crippen molar-refractivity contribution < 1.29 is 22.7 Å². The van der Waals surface area contributed by atoms with Gasteiger partial charge in [-0.2, -0.15) is 0 Å². The standard InChI is InChI=1S/C7H8O.C5H11NO3S2.CH2OS/c1-8-7-5-3-2-4-6-7;1-11(8,9)4-2-3-6-5(7)10;2-1-3/h2-6H,1H3;2-4H2,1H3,(H2,6,7,10);1H,(H,2,3). The minimum atomic E-state index is -2.90. The third kappa shape index (κ3) is 21.1. The van der Waals surface area contributed by atoms with Gasteiger partial charge in [-0.25, -0.2) is 8.42 Å². The van der Waals surface area contributed by atoms with Gasteiger partial charge in [0.2, 0.25) is 0 Å². The summed E-state index contributed by atoms with van der Waals surface area (Å²) in [5.74, 6) is 1.01. The van der Waals surface area contributed by atoms with E-state index in [2.05, 4.69) is 30.6 Å². The number of methoxy groups -OCH3 is 1. The molecule has 0 aliphatic carbocycles. The highest BCUT2D eigenvalue weighted by atomic mass is 32.2. The number of amides is 1. The van der Waals surface area contributed by atoms with Crippen LogP contribution in [0.5, 0.6) is 5.75 Å². The summed E-state index contributed by atoms with van der Waals surface area (Å²) in [6, 6.07) is 9.68. The number of ether oxygens (including phenoxy) is 1. The van der Waals surface area contributed by atoms with Gasteiger partial charge >= 0.3 is 0 Å². The zero-order chi connectivity index (χ0) is 17.4. The summed E-state index contributed by atoms with van der Waals surface area (Å²) in [7, 11) is -1.24. The van der Waals surface area contributed by atoms with Crippen molar-refractivity contribution in [1.82, 2.24) is 5.32 Å². The molecular formula is C13H21NO5S3. The second-order valence-electron chi connectivity index (χ2n) is 3.84. The van der Waals surface area contributed by atoms with E-state index in [1.54, 1.807) is 7.11 Å². The number of carbonyl (C=O) groups excluding carboxylic acids is 2. The van der Waals surface area contributed by atoms with Crippen molar-refractivity contribution in [2.45, 2.75) is 6.42 Å². The van der Waals surface area contributed by atoms with Gasteiger partial charge in [-0.15, -0.1) is 12.6 Å². The van der Waals surface area contributed by atoms with Gasteiger partial charge in [-0.3, -0.25) is 9.59 Å². The Morgan fingerprint density at radius 2 is 1.82 bits per heavy atom. The fraction of sp³-hybridized carbons (Fsp3) is 0.385. The van der Waals surface area contributed by atoms with Crippen molar-refractivity contribution in [3.8, 4) is 5.75 Å². The monoisotopic (exact) mass is 367 g/mol. The lowest BCUT2D eigenvalue weighted by molar-refractivity contribution is 0.261. The van der Waals surface area contributed by atoms with E-state index in [4.69, 9.17) is 9.53 Å². The number of nitrogens with one attached hydrogen (secondary N) is 1. The molecule has 1 aromatic rings. The number of hydrogen-bond donors (Lipinski definition) is 3. The molecule has 0 saturated heterocycles. The first kappa shape index (κ1) is 23.1. The minimum absolute atomic E-state index is 0.0983. The smallest absolute Gasteiger partial charge is 0.275 e. The Morgan fingerprint density at radius 3 is 2.14 bits per heavy atom. The van der Waals surface area contributed by atoms with Gasteiger partial charge in [0.05, 0.1) is 12.9 Å². The van der Waals surface area contributed by atoms with Gasteiger partial charge in [0.1, 0.15) is 15.6 Å². The molecule has 0 heterocycles. The number of carbonyl (C=O) groups is 2. The maximum absolute atomic E-state index is 10.5. The molecule has 1 aromatic carbocycles. The number of rotatable bonds is 5. The summed E-state index contributed by atoms with van der Waals surface area (Å²) in [4.78, 5) is 18.8. The molecule has 0 atom stereocenters.